The number of Topliss-reactive ketones (excluding diaryl/α,β-unsaturated/α-hetero) is 1. The van der Waals surface area contributed by atoms with Gasteiger partial charge in [-0.25, -0.2) is 4.99 Å². The molecule has 4 atom stereocenters. The fraction of sp³-hybridized carbons (Fsp3) is 0.800. The molecule has 0 fully saturated rings. The summed E-state index contributed by atoms with van der Waals surface area (Å²) >= 11 is 0. The molecule has 108 valence electrons. The molecule has 3 unspecified atom stereocenters. The van der Waals surface area contributed by atoms with Crippen LogP contribution < -0.4 is 0 Å². The molecule has 1 heterocycles. The highest BCUT2D eigenvalue weighted by Gasteiger charge is 2.32. The zero-order valence-electron chi connectivity index (χ0n) is 12.6. The molecule has 0 aromatic heterocycles. The smallest absolute Gasteiger partial charge is 0.166 e. The van der Waals surface area contributed by atoms with Gasteiger partial charge < -0.3 is 5.11 Å². The monoisotopic (exact) mass is 266 g/mol. The van der Waals surface area contributed by atoms with E-state index in [-0.39, 0.29) is 17.7 Å². The largest absolute Gasteiger partial charge is 0.383 e. The van der Waals surface area contributed by atoms with Crippen LogP contribution >= 0.6 is 0 Å². The molecule has 1 N–H and O–H groups in total. The van der Waals surface area contributed by atoms with Gasteiger partial charge in [0.05, 0.1) is 6.04 Å². The van der Waals surface area contributed by atoms with Crippen molar-refractivity contribution in [3.8, 4) is 0 Å². The fourth-order valence-corrected chi connectivity index (χ4v) is 2.75. The second kappa shape index (κ2) is 6.42. The molecule has 1 rings (SSSR count). The summed E-state index contributed by atoms with van der Waals surface area (Å²) in [6.45, 7) is 9.32. The van der Waals surface area contributed by atoms with Crippen molar-refractivity contribution in [3.63, 3.8) is 0 Å². The topological polar surface area (TPSA) is 62.0 Å². The van der Waals surface area contributed by atoms with Crippen LogP contribution in [0.25, 0.3) is 0 Å². The van der Waals surface area contributed by atoms with Gasteiger partial charge in [0, 0.05) is 12.1 Å². The summed E-state index contributed by atoms with van der Waals surface area (Å²) in [7, 11) is 0. The Balaban J connectivity index is 2.63. The first kappa shape index (κ1) is 16.0. The Morgan fingerprint density at radius 1 is 1.42 bits per heavy atom. The van der Waals surface area contributed by atoms with Crippen LogP contribution in [0.1, 0.15) is 47.5 Å². The molecule has 0 saturated carbocycles. The number of hydrogen-bond donors (Lipinski definition) is 1. The lowest BCUT2D eigenvalue weighted by atomic mass is 9.78. The minimum absolute atomic E-state index is 0.0817. The molecule has 4 nitrogen and oxygen atoms in total. The normalized spacial score (nSPS) is 23.4. The highest BCUT2D eigenvalue weighted by molar-refractivity contribution is 5.88. The van der Waals surface area contributed by atoms with E-state index < -0.39 is 5.60 Å². The molecule has 0 saturated heterocycles. The minimum Gasteiger partial charge on any atom is -0.383 e. The molecule has 0 aliphatic carbocycles. The molecule has 0 aromatic carbocycles. The minimum atomic E-state index is -1.24. The SMILES string of the molecule is CCC(C[C@@H](C)C(=O)C(C)(C)O)C(C)C1C=NC=N1. The van der Waals surface area contributed by atoms with Crippen LogP contribution in [0, 0.1) is 17.8 Å². The van der Waals surface area contributed by atoms with E-state index in [1.165, 1.54) is 0 Å². The van der Waals surface area contributed by atoms with Crippen LogP contribution in [0.4, 0.5) is 0 Å². The molecule has 0 bridgehead atoms. The summed E-state index contributed by atoms with van der Waals surface area (Å²) in [6, 6.07) is 0.134. The van der Waals surface area contributed by atoms with Crippen molar-refractivity contribution in [3.05, 3.63) is 0 Å². The molecule has 0 aromatic rings. The van der Waals surface area contributed by atoms with E-state index in [0.717, 1.165) is 12.8 Å². The van der Waals surface area contributed by atoms with Gasteiger partial charge in [-0.3, -0.25) is 9.79 Å². The van der Waals surface area contributed by atoms with Gasteiger partial charge in [-0.15, -0.1) is 0 Å². The van der Waals surface area contributed by atoms with Crippen molar-refractivity contribution < 1.29 is 9.90 Å². The lowest BCUT2D eigenvalue weighted by Crippen LogP contribution is -2.37. The van der Waals surface area contributed by atoms with Gasteiger partial charge in [-0.1, -0.05) is 27.2 Å². The molecule has 0 amide bonds. The number of carbonyl (C=O) groups excluding carboxylic acids is 1. The van der Waals surface area contributed by atoms with Crippen LogP contribution in [-0.4, -0.2) is 35.1 Å². The molecule has 1 aliphatic rings. The van der Waals surface area contributed by atoms with Crippen LogP contribution in [0.5, 0.6) is 0 Å². The first-order valence-electron chi connectivity index (χ1n) is 7.09. The van der Waals surface area contributed by atoms with Crippen LogP contribution in [-0.2, 0) is 4.79 Å². The van der Waals surface area contributed by atoms with Crippen molar-refractivity contribution in [1.29, 1.82) is 0 Å². The molecular formula is C15H26N2O2. The van der Waals surface area contributed by atoms with Crippen molar-refractivity contribution in [2.45, 2.75) is 59.1 Å². The van der Waals surface area contributed by atoms with Gasteiger partial charge in [0.15, 0.2) is 5.78 Å². The third kappa shape index (κ3) is 4.23. The average molecular weight is 266 g/mol. The van der Waals surface area contributed by atoms with Gasteiger partial charge >= 0.3 is 0 Å². The number of hydrogen-bond acceptors (Lipinski definition) is 4. The predicted octanol–water partition coefficient (Wildman–Crippen LogP) is 2.50. The van der Waals surface area contributed by atoms with E-state index in [9.17, 15) is 9.90 Å². The first-order valence-corrected chi connectivity index (χ1v) is 7.09. The zero-order valence-corrected chi connectivity index (χ0v) is 12.6. The summed E-state index contributed by atoms with van der Waals surface area (Å²) in [5.74, 6) is 0.564. The molecule has 4 heteroatoms. The Morgan fingerprint density at radius 3 is 2.47 bits per heavy atom. The van der Waals surface area contributed by atoms with E-state index >= 15 is 0 Å². The maximum absolute atomic E-state index is 12.1. The fourth-order valence-electron chi connectivity index (χ4n) is 2.75. The first-order chi connectivity index (χ1) is 8.77. The van der Waals surface area contributed by atoms with Crippen molar-refractivity contribution in [2.24, 2.45) is 27.7 Å². The lowest BCUT2D eigenvalue weighted by molar-refractivity contribution is -0.138. The van der Waals surface area contributed by atoms with Crippen LogP contribution in [0.15, 0.2) is 9.98 Å². The van der Waals surface area contributed by atoms with Crippen molar-refractivity contribution >= 4 is 18.3 Å². The Morgan fingerprint density at radius 2 is 2.05 bits per heavy atom. The summed E-state index contributed by atoms with van der Waals surface area (Å²) in [5.41, 5.74) is -1.24. The highest BCUT2D eigenvalue weighted by Crippen LogP contribution is 2.29. The Hall–Kier alpha value is -1.03. The summed E-state index contributed by atoms with van der Waals surface area (Å²) in [4.78, 5) is 20.4. The summed E-state index contributed by atoms with van der Waals surface area (Å²) in [6.07, 6.45) is 5.26. The van der Waals surface area contributed by atoms with E-state index in [2.05, 4.69) is 23.8 Å². The quantitative estimate of drug-likeness (QED) is 0.769. The number of aliphatic imine (C=N–C) groups is 2. The van der Waals surface area contributed by atoms with Gasteiger partial charge in [-0.05, 0) is 32.1 Å². The summed E-state index contributed by atoms with van der Waals surface area (Å²) in [5, 5.41) is 9.80. The second-order valence-electron chi connectivity index (χ2n) is 6.14. The molecule has 19 heavy (non-hydrogen) atoms. The number of rotatable bonds is 7. The Labute approximate surface area is 116 Å². The van der Waals surface area contributed by atoms with Gasteiger partial charge in [0.2, 0.25) is 0 Å². The number of carbonyl (C=O) groups is 1. The molecular weight excluding hydrogens is 240 g/mol. The maximum atomic E-state index is 12.1. The number of aliphatic hydroxyl groups is 1. The number of nitrogens with zero attached hydrogens (tertiary/aromatic N) is 2. The highest BCUT2D eigenvalue weighted by atomic mass is 16.3. The van der Waals surface area contributed by atoms with Crippen molar-refractivity contribution in [2.75, 3.05) is 0 Å². The molecule has 1 aliphatic heterocycles. The molecule has 0 radical (unpaired) electrons. The third-order valence-electron chi connectivity index (χ3n) is 4.06. The standard InChI is InChI=1S/C15H26N2O2/c1-6-12(11(3)13-8-16-9-17-13)7-10(2)14(18)15(4,5)19/h8-13,19H,6-7H2,1-5H3/t10-,11?,12?,13?/m1/s1. The predicted molar refractivity (Wildman–Crippen MR) is 78.8 cm³/mol. The van der Waals surface area contributed by atoms with E-state index in [4.69, 9.17) is 0 Å². The maximum Gasteiger partial charge on any atom is 0.166 e. The van der Waals surface area contributed by atoms with Gasteiger partial charge in [0.25, 0.3) is 0 Å². The van der Waals surface area contributed by atoms with Gasteiger partial charge in [0.1, 0.15) is 11.9 Å². The zero-order chi connectivity index (χ0) is 14.6. The third-order valence-corrected chi connectivity index (χ3v) is 4.06. The molecule has 0 spiro atoms. The summed E-state index contributed by atoms with van der Waals surface area (Å²) < 4.78 is 0. The van der Waals surface area contributed by atoms with Crippen LogP contribution in [0.3, 0.4) is 0 Å². The average Bonchev–Trinajstić information content (AvgIpc) is 2.86. The number of ketones is 1. The van der Waals surface area contributed by atoms with Gasteiger partial charge in [-0.2, -0.15) is 0 Å². The van der Waals surface area contributed by atoms with Crippen molar-refractivity contribution in [1.82, 2.24) is 0 Å². The van der Waals surface area contributed by atoms with E-state index in [1.54, 1.807) is 20.2 Å². The lowest BCUT2D eigenvalue weighted by Gasteiger charge is -2.29. The van der Waals surface area contributed by atoms with Crippen LogP contribution in [0.2, 0.25) is 0 Å². The van der Waals surface area contributed by atoms with E-state index in [1.807, 2.05) is 13.1 Å². The Kier molecular flexibility index (Phi) is 5.41. The Bertz CT molecular complexity index is 357. The van der Waals surface area contributed by atoms with E-state index in [0.29, 0.717) is 11.8 Å². The second-order valence-corrected chi connectivity index (χ2v) is 6.14.